The molecule has 0 atom stereocenters. The van der Waals surface area contributed by atoms with Crippen LogP contribution in [-0.2, 0) is 14.3 Å². The molecule has 0 bridgehead atoms. The highest BCUT2D eigenvalue weighted by Gasteiger charge is 2.17. The van der Waals surface area contributed by atoms with Crippen molar-refractivity contribution in [1.82, 2.24) is 5.32 Å². The first kappa shape index (κ1) is 16.6. The fourth-order valence-electron chi connectivity index (χ4n) is 1.52. The molecule has 0 aliphatic carbocycles. The van der Waals surface area contributed by atoms with Crippen LogP contribution in [0.2, 0.25) is 0 Å². The van der Waals surface area contributed by atoms with Crippen LogP contribution in [0.4, 0.5) is 5.69 Å². The van der Waals surface area contributed by atoms with E-state index in [-0.39, 0.29) is 31.0 Å². The zero-order valence-corrected chi connectivity index (χ0v) is 11.7. The third kappa shape index (κ3) is 5.23. The maximum Gasteiger partial charge on any atom is 0.340 e. The molecule has 2 amide bonds. The van der Waals surface area contributed by atoms with Crippen molar-refractivity contribution in [3.63, 3.8) is 0 Å². The summed E-state index contributed by atoms with van der Waals surface area (Å²) in [6.45, 7) is 2.01. The van der Waals surface area contributed by atoms with Gasteiger partial charge >= 0.3 is 17.8 Å². The third-order valence-corrected chi connectivity index (χ3v) is 2.50. The Kier molecular flexibility index (Phi) is 6.90. The fraction of sp³-hybridized carbons (Fsp3) is 0.357. The zero-order chi connectivity index (χ0) is 15.7. The first-order chi connectivity index (χ1) is 10.1. The molecule has 1 aromatic carbocycles. The van der Waals surface area contributed by atoms with Gasteiger partial charge in [-0.1, -0.05) is 12.1 Å². The Morgan fingerprint density at radius 1 is 1.19 bits per heavy atom. The van der Waals surface area contributed by atoms with E-state index in [2.05, 4.69) is 10.6 Å². The molecule has 21 heavy (non-hydrogen) atoms. The molecular weight excluding hydrogens is 276 g/mol. The fourth-order valence-corrected chi connectivity index (χ4v) is 1.52. The number of nitrogens with one attached hydrogen (secondary N) is 2. The normalized spacial score (nSPS) is 9.81. The van der Waals surface area contributed by atoms with Crippen molar-refractivity contribution in [3.8, 4) is 0 Å². The van der Waals surface area contributed by atoms with Gasteiger partial charge in [-0.15, -0.1) is 0 Å². The second-order valence-corrected chi connectivity index (χ2v) is 4.05. The predicted octanol–water partition coefficient (Wildman–Crippen LogP) is 0.300. The number of hydrogen-bond acceptors (Lipinski definition) is 5. The topological polar surface area (TPSA) is 105 Å². The molecule has 0 saturated heterocycles. The zero-order valence-electron chi connectivity index (χ0n) is 11.7. The molecule has 114 valence electrons. The minimum absolute atomic E-state index is 0.0758. The van der Waals surface area contributed by atoms with Crippen molar-refractivity contribution < 1.29 is 24.2 Å². The number of para-hydroxylation sites is 1. The van der Waals surface area contributed by atoms with Crippen molar-refractivity contribution >= 4 is 23.5 Å². The molecule has 7 nitrogen and oxygen atoms in total. The van der Waals surface area contributed by atoms with Crippen LogP contribution in [-0.4, -0.2) is 42.6 Å². The summed E-state index contributed by atoms with van der Waals surface area (Å²) in [6, 6.07) is 6.26. The number of carbonyl (C=O) groups excluding carboxylic acids is 3. The third-order valence-electron chi connectivity index (χ3n) is 2.50. The van der Waals surface area contributed by atoms with Gasteiger partial charge in [-0.3, -0.25) is 9.59 Å². The number of aliphatic hydroxyl groups is 1. The van der Waals surface area contributed by atoms with Gasteiger partial charge in [-0.2, -0.15) is 0 Å². The lowest BCUT2D eigenvalue weighted by Gasteiger charge is -2.10. The molecule has 0 fully saturated rings. The van der Waals surface area contributed by atoms with Crippen LogP contribution in [0.5, 0.6) is 0 Å². The van der Waals surface area contributed by atoms with Crippen LogP contribution in [0, 0.1) is 0 Å². The van der Waals surface area contributed by atoms with Gasteiger partial charge in [0.25, 0.3) is 0 Å². The lowest BCUT2D eigenvalue weighted by Crippen LogP contribution is -2.36. The van der Waals surface area contributed by atoms with Crippen molar-refractivity contribution in [1.29, 1.82) is 0 Å². The molecule has 7 heteroatoms. The van der Waals surface area contributed by atoms with Crippen molar-refractivity contribution in [2.45, 2.75) is 13.3 Å². The first-order valence-corrected chi connectivity index (χ1v) is 6.56. The van der Waals surface area contributed by atoms with E-state index in [0.717, 1.165) is 0 Å². The number of rotatable bonds is 6. The number of aliphatic hydroxyl groups excluding tert-OH is 1. The van der Waals surface area contributed by atoms with Crippen LogP contribution in [0.1, 0.15) is 23.7 Å². The molecule has 0 unspecified atom stereocenters. The number of anilines is 1. The second-order valence-electron chi connectivity index (χ2n) is 4.05. The quantitative estimate of drug-likeness (QED) is 0.397. The number of hydrogen-bond donors (Lipinski definition) is 3. The maximum absolute atomic E-state index is 11.7. The number of ether oxygens (including phenoxy) is 1. The molecule has 0 aliphatic rings. The Morgan fingerprint density at radius 2 is 1.90 bits per heavy atom. The number of amides is 2. The highest BCUT2D eigenvalue weighted by molar-refractivity contribution is 6.40. The van der Waals surface area contributed by atoms with E-state index in [1.54, 1.807) is 19.1 Å². The Hall–Kier alpha value is -2.41. The summed E-state index contributed by atoms with van der Waals surface area (Å²) in [5.41, 5.74) is 0.383. The van der Waals surface area contributed by atoms with Crippen LogP contribution >= 0.6 is 0 Å². The summed E-state index contributed by atoms with van der Waals surface area (Å²) >= 11 is 0. The standard InChI is InChI=1S/C14H18N2O5/c1-2-21-14(20)10-6-3-4-7-11(10)16-13(19)12(18)15-8-5-9-17/h3-4,6-7,17H,2,5,8-9H2,1H3,(H,15,18)(H,16,19). The smallest absolute Gasteiger partial charge is 0.340 e. The monoisotopic (exact) mass is 294 g/mol. The second kappa shape index (κ2) is 8.70. The Labute approximate surface area is 122 Å². The van der Waals surface area contributed by atoms with Gasteiger partial charge in [0.15, 0.2) is 0 Å². The number of carbonyl (C=O) groups is 3. The predicted molar refractivity (Wildman–Crippen MR) is 75.7 cm³/mol. The van der Waals surface area contributed by atoms with E-state index < -0.39 is 17.8 Å². The minimum Gasteiger partial charge on any atom is -0.462 e. The van der Waals surface area contributed by atoms with Gasteiger partial charge in [0, 0.05) is 13.2 Å². The van der Waals surface area contributed by atoms with E-state index in [4.69, 9.17) is 9.84 Å². The summed E-state index contributed by atoms with van der Waals surface area (Å²) in [6.07, 6.45) is 0.360. The highest BCUT2D eigenvalue weighted by atomic mass is 16.5. The summed E-state index contributed by atoms with van der Waals surface area (Å²) in [5, 5.41) is 13.3. The largest absolute Gasteiger partial charge is 0.462 e. The van der Waals surface area contributed by atoms with Gasteiger partial charge in [-0.25, -0.2) is 4.79 Å². The molecule has 1 rings (SSSR count). The number of esters is 1. The molecule has 0 aliphatic heterocycles. The first-order valence-electron chi connectivity index (χ1n) is 6.56. The molecule has 0 spiro atoms. The molecule has 0 heterocycles. The average Bonchev–Trinajstić information content (AvgIpc) is 2.48. The van der Waals surface area contributed by atoms with Crippen LogP contribution in [0.25, 0.3) is 0 Å². The van der Waals surface area contributed by atoms with Gasteiger partial charge in [0.1, 0.15) is 0 Å². The SMILES string of the molecule is CCOC(=O)c1ccccc1NC(=O)C(=O)NCCCO. The van der Waals surface area contributed by atoms with E-state index in [9.17, 15) is 14.4 Å². The highest BCUT2D eigenvalue weighted by Crippen LogP contribution is 2.16. The van der Waals surface area contributed by atoms with Crippen molar-refractivity contribution in [3.05, 3.63) is 29.8 Å². The van der Waals surface area contributed by atoms with Crippen LogP contribution in [0.3, 0.4) is 0 Å². The Morgan fingerprint density at radius 3 is 2.57 bits per heavy atom. The molecular formula is C14H18N2O5. The Balaban J connectivity index is 2.72. The van der Waals surface area contributed by atoms with E-state index in [1.807, 2.05) is 0 Å². The van der Waals surface area contributed by atoms with Crippen molar-refractivity contribution in [2.24, 2.45) is 0 Å². The minimum atomic E-state index is -0.885. The van der Waals surface area contributed by atoms with Gasteiger partial charge in [0.05, 0.1) is 17.9 Å². The molecule has 0 radical (unpaired) electrons. The molecule has 0 aromatic heterocycles. The number of benzene rings is 1. The summed E-state index contributed by atoms with van der Waals surface area (Å²) in [5.74, 6) is -2.29. The molecule has 3 N–H and O–H groups in total. The Bertz CT molecular complexity index is 516. The lowest BCUT2D eigenvalue weighted by molar-refractivity contribution is -0.136. The van der Waals surface area contributed by atoms with Crippen LogP contribution in [0.15, 0.2) is 24.3 Å². The average molecular weight is 294 g/mol. The van der Waals surface area contributed by atoms with Gasteiger partial charge in [-0.05, 0) is 25.5 Å². The van der Waals surface area contributed by atoms with Gasteiger partial charge in [0.2, 0.25) is 0 Å². The molecule has 1 aromatic rings. The van der Waals surface area contributed by atoms with Crippen LogP contribution < -0.4 is 10.6 Å². The molecule has 0 saturated carbocycles. The van der Waals surface area contributed by atoms with E-state index in [0.29, 0.717) is 6.42 Å². The summed E-state index contributed by atoms with van der Waals surface area (Å²) < 4.78 is 4.87. The van der Waals surface area contributed by atoms with Gasteiger partial charge < -0.3 is 20.5 Å². The van der Waals surface area contributed by atoms with E-state index in [1.165, 1.54) is 12.1 Å². The summed E-state index contributed by atoms with van der Waals surface area (Å²) in [7, 11) is 0. The summed E-state index contributed by atoms with van der Waals surface area (Å²) in [4.78, 5) is 34.9. The van der Waals surface area contributed by atoms with E-state index >= 15 is 0 Å². The van der Waals surface area contributed by atoms with Crippen molar-refractivity contribution in [2.75, 3.05) is 25.1 Å². The maximum atomic E-state index is 11.7. The lowest BCUT2D eigenvalue weighted by atomic mass is 10.2.